The normalized spacial score (nSPS) is 31.3. The van der Waals surface area contributed by atoms with Crippen molar-refractivity contribution in [2.45, 2.75) is 51.0 Å². The Hall–Kier alpha value is -0.610. The summed E-state index contributed by atoms with van der Waals surface area (Å²) in [7, 11) is 1.40. The van der Waals surface area contributed by atoms with Gasteiger partial charge in [0.25, 0.3) is 0 Å². The average Bonchev–Trinajstić information content (AvgIpc) is 2.44. The second-order valence-electron chi connectivity index (χ2n) is 6.55. The molecule has 1 aliphatic heterocycles. The maximum absolute atomic E-state index is 11.6. The van der Waals surface area contributed by atoms with E-state index in [4.69, 9.17) is 10.5 Å². The van der Waals surface area contributed by atoms with Crippen molar-refractivity contribution in [3.05, 3.63) is 0 Å². The Labute approximate surface area is 116 Å². The molecule has 1 heterocycles. The van der Waals surface area contributed by atoms with Crippen LogP contribution in [0.25, 0.3) is 0 Å². The molecule has 1 aliphatic carbocycles. The third-order valence-electron chi connectivity index (χ3n) is 4.97. The number of nitrogens with two attached hydrogens (primary N) is 1. The first-order chi connectivity index (χ1) is 9.03. The van der Waals surface area contributed by atoms with E-state index in [1.807, 2.05) is 0 Å². The van der Waals surface area contributed by atoms with Crippen LogP contribution < -0.4 is 5.73 Å². The highest BCUT2D eigenvalue weighted by molar-refractivity contribution is 5.79. The lowest BCUT2D eigenvalue weighted by atomic mass is 9.75. The fourth-order valence-corrected chi connectivity index (χ4v) is 3.60. The molecule has 0 bridgehead atoms. The predicted molar refractivity (Wildman–Crippen MR) is 75.7 cm³/mol. The van der Waals surface area contributed by atoms with Gasteiger partial charge in [0.2, 0.25) is 0 Å². The number of rotatable bonds is 4. The van der Waals surface area contributed by atoms with Crippen LogP contribution in [0.4, 0.5) is 0 Å². The van der Waals surface area contributed by atoms with Crippen LogP contribution in [0.15, 0.2) is 0 Å². The van der Waals surface area contributed by atoms with Crippen molar-refractivity contribution >= 4 is 5.97 Å². The number of likely N-dealkylation sites (tertiary alicyclic amines) is 1. The molecule has 0 radical (unpaired) electrons. The molecular weight excluding hydrogens is 240 g/mol. The van der Waals surface area contributed by atoms with E-state index in [2.05, 4.69) is 4.90 Å². The number of piperidine rings is 1. The van der Waals surface area contributed by atoms with Crippen LogP contribution in [0.3, 0.4) is 0 Å². The Bertz CT molecular complexity index is 317. The van der Waals surface area contributed by atoms with Gasteiger partial charge in [-0.3, -0.25) is 4.79 Å². The Balaban J connectivity index is 1.79. The van der Waals surface area contributed by atoms with Crippen molar-refractivity contribution in [1.82, 2.24) is 4.90 Å². The number of esters is 1. The van der Waals surface area contributed by atoms with Gasteiger partial charge in [-0.1, -0.05) is 19.3 Å². The molecule has 0 aromatic rings. The maximum Gasteiger partial charge on any atom is 0.325 e. The van der Waals surface area contributed by atoms with Gasteiger partial charge in [0, 0.05) is 13.1 Å². The molecule has 1 saturated heterocycles. The maximum atomic E-state index is 11.6. The monoisotopic (exact) mass is 268 g/mol. The first-order valence-corrected chi connectivity index (χ1v) is 7.62. The summed E-state index contributed by atoms with van der Waals surface area (Å²) < 4.78 is 4.76. The van der Waals surface area contributed by atoms with E-state index in [1.165, 1.54) is 52.3 Å². The van der Waals surface area contributed by atoms with E-state index < -0.39 is 5.54 Å². The Morgan fingerprint density at radius 3 is 2.68 bits per heavy atom. The smallest absolute Gasteiger partial charge is 0.325 e. The lowest BCUT2D eigenvalue weighted by Gasteiger charge is -2.42. The summed E-state index contributed by atoms with van der Waals surface area (Å²) in [4.78, 5) is 14.1. The van der Waals surface area contributed by atoms with Crippen LogP contribution >= 0.6 is 0 Å². The summed E-state index contributed by atoms with van der Waals surface area (Å²) in [6.45, 7) is 5.04. The highest BCUT2D eigenvalue weighted by atomic mass is 16.5. The average molecular weight is 268 g/mol. The summed E-state index contributed by atoms with van der Waals surface area (Å²) in [5, 5.41) is 0. The highest BCUT2D eigenvalue weighted by Crippen LogP contribution is 2.36. The summed E-state index contributed by atoms with van der Waals surface area (Å²) in [6.07, 6.45) is 7.63. The zero-order valence-corrected chi connectivity index (χ0v) is 12.4. The fraction of sp³-hybridized carbons (Fsp3) is 0.933. The van der Waals surface area contributed by atoms with Crippen molar-refractivity contribution in [2.75, 3.05) is 26.7 Å². The molecule has 0 aromatic heterocycles. The first-order valence-electron chi connectivity index (χ1n) is 7.62. The van der Waals surface area contributed by atoms with Crippen molar-refractivity contribution in [1.29, 1.82) is 0 Å². The van der Waals surface area contributed by atoms with Crippen molar-refractivity contribution < 1.29 is 9.53 Å². The van der Waals surface area contributed by atoms with E-state index in [0.29, 0.717) is 6.42 Å². The molecule has 1 saturated carbocycles. The van der Waals surface area contributed by atoms with Crippen LogP contribution in [-0.2, 0) is 9.53 Å². The second kappa shape index (κ2) is 6.23. The van der Waals surface area contributed by atoms with Crippen molar-refractivity contribution in [3.8, 4) is 0 Å². The first kappa shape index (κ1) is 14.8. The zero-order valence-electron chi connectivity index (χ0n) is 12.4. The number of ether oxygens (including phenoxy) is 1. The van der Waals surface area contributed by atoms with E-state index in [9.17, 15) is 4.79 Å². The molecule has 2 rings (SSSR count). The molecule has 19 heavy (non-hydrogen) atoms. The molecule has 2 aliphatic rings. The summed E-state index contributed by atoms with van der Waals surface area (Å²) in [6, 6.07) is 0. The van der Waals surface area contributed by atoms with Gasteiger partial charge in [0.15, 0.2) is 0 Å². The van der Waals surface area contributed by atoms with Gasteiger partial charge in [-0.2, -0.15) is 0 Å². The summed E-state index contributed by atoms with van der Waals surface area (Å²) in [5.41, 5.74) is 5.17. The van der Waals surface area contributed by atoms with Crippen LogP contribution in [0, 0.1) is 11.8 Å². The summed E-state index contributed by atoms with van der Waals surface area (Å²) in [5.74, 6) is 1.53. The molecule has 3 unspecified atom stereocenters. The molecule has 0 spiro atoms. The predicted octanol–water partition coefficient (Wildman–Crippen LogP) is 1.78. The lowest BCUT2D eigenvalue weighted by molar-refractivity contribution is -0.146. The van der Waals surface area contributed by atoms with Crippen LogP contribution in [0.1, 0.15) is 45.4 Å². The number of nitrogens with zero attached hydrogens (tertiary/aromatic N) is 1. The third-order valence-corrected chi connectivity index (χ3v) is 4.97. The van der Waals surface area contributed by atoms with Gasteiger partial charge in [0.1, 0.15) is 5.54 Å². The lowest BCUT2D eigenvalue weighted by Crippen LogP contribution is -2.50. The van der Waals surface area contributed by atoms with Gasteiger partial charge < -0.3 is 15.4 Å². The fourth-order valence-electron chi connectivity index (χ4n) is 3.60. The summed E-state index contributed by atoms with van der Waals surface area (Å²) >= 11 is 0. The van der Waals surface area contributed by atoms with Gasteiger partial charge >= 0.3 is 5.97 Å². The molecular formula is C15H28N2O2. The van der Waals surface area contributed by atoms with Crippen LogP contribution in [0.2, 0.25) is 0 Å². The van der Waals surface area contributed by atoms with Gasteiger partial charge in [-0.05, 0) is 44.6 Å². The molecule has 2 N–H and O–H groups in total. The zero-order chi connectivity index (χ0) is 13.9. The SMILES string of the molecule is COC(=O)C(C)(N)CCN1CCC2CCCCC2C1. The Morgan fingerprint density at radius 1 is 1.32 bits per heavy atom. The largest absolute Gasteiger partial charge is 0.468 e. The Kier molecular flexibility index (Phi) is 4.85. The number of carbonyl (C=O) groups excluding carboxylic acids is 1. The number of methoxy groups -OCH3 is 1. The molecule has 3 atom stereocenters. The van der Waals surface area contributed by atoms with Crippen molar-refractivity contribution in [2.24, 2.45) is 17.6 Å². The molecule has 0 amide bonds. The molecule has 4 nitrogen and oxygen atoms in total. The van der Waals surface area contributed by atoms with Gasteiger partial charge in [0.05, 0.1) is 7.11 Å². The van der Waals surface area contributed by atoms with Gasteiger partial charge in [-0.15, -0.1) is 0 Å². The molecule has 0 aromatic carbocycles. The van der Waals surface area contributed by atoms with E-state index in [-0.39, 0.29) is 5.97 Å². The number of carbonyl (C=O) groups is 1. The molecule has 2 fully saturated rings. The van der Waals surface area contributed by atoms with E-state index >= 15 is 0 Å². The minimum absolute atomic E-state index is 0.306. The highest BCUT2D eigenvalue weighted by Gasteiger charge is 2.33. The van der Waals surface area contributed by atoms with Crippen LogP contribution in [-0.4, -0.2) is 43.2 Å². The third kappa shape index (κ3) is 3.69. The molecule has 4 heteroatoms. The minimum Gasteiger partial charge on any atom is -0.468 e. The number of fused-ring (bicyclic) bond motifs is 1. The van der Waals surface area contributed by atoms with Crippen LogP contribution in [0.5, 0.6) is 0 Å². The van der Waals surface area contributed by atoms with Crippen molar-refractivity contribution in [3.63, 3.8) is 0 Å². The number of hydrogen-bond acceptors (Lipinski definition) is 4. The molecule has 110 valence electrons. The quantitative estimate of drug-likeness (QED) is 0.790. The second-order valence-corrected chi connectivity index (χ2v) is 6.55. The number of hydrogen-bond donors (Lipinski definition) is 1. The Morgan fingerprint density at radius 2 is 2.00 bits per heavy atom. The van der Waals surface area contributed by atoms with E-state index in [1.54, 1.807) is 6.92 Å². The topological polar surface area (TPSA) is 55.6 Å². The van der Waals surface area contributed by atoms with E-state index in [0.717, 1.165) is 18.4 Å². The van der Waals surface area contributed by atoms with Gasteiger partial charge in [-0.25, -0.2) is 0 Å². The minimum atomic E-state index is -0.849. The standard InChI is InChI=1S/C15H28N2O2/c1-15(16,14(18)19-2)8-10-17-9-7-12-5-3-4-6-13(12)11-17/h12-13H,3-11,16H2,1-2H3.